The quantitative estimate of drug-likeness (QED) is 0.880. The Bertz CT molecular complexity index is 802. The zero-order valence-electron chi connectivity index (χ0n) is 14.3. The fourth-order valence-electron chi connectivity index (χ4n) is 3.70. The molecule has 1 atom stereocenters. The van der Waals surface area contributed by atoms with E-state index in [1.807, 2.05) is 6.07 Å². The van der Waals surface area contributed by atoms with Gasteiger partial charge in [0.1, 0.15) is 5.82 Å². The molecule has 0 spiro atoms. The summed E-state index contributed by atoms with van der Waals surface area (Å²) in [6.07, 6.45) is 2.55. The van der Waals surface area contributed by atoms with Crippen molar-refractivity contribution in [1.82, 2.24) is 9.97 Å². The molecule has 0 radical (unpaired) electrons. The van der Waals surface area contributed by atoms with E-state index in [0.717, 1.165) is 31.9 Å². The molecule has 0 amide bonds. The van der Waals surface area contributed by atoms with Gasteiger partial charge in [-0.15, -0.1) is 0 Å². The van der Waals surface area contributed by atoms with Crippen LogP contribution in [0.3, 0.4) is 0 Å². The molecular formula is C19H22FN4O+. The van der Waals surface area contributed by atoms with Crippen LogP contribution in [0.1, 0.15) is 34.0 Å². The van der Waals surface area contributed by atoms with Gasteiger partial charge in [-0.05, 0) is 24.0 Å². The van der Waals surface area contributed by atoms with Crippen LogP contribution in [0, 0.1) is 5.82 Å². The third kappa shape index (κ3) is 3.14. The summed E-state index contributed by atoms with van der Waals surface area (Å²) in [5, 5.41) is 0. The van der Waals surface area contributed by atoms with Crippen LogP contribution in [0.5, 0.6) is 0 Å². The minimum Gasteiger partial charge on any atom is -0.334 e. The number of nitrogens with zero attached hydrogens (tertiary/aromatic N) is 3. The molecule has 1 aliphatic carbocycles. The Morgan fingerprint density at radius 3 is 2.72 bits per heavy atom. The highest BCUT2D eigenvalue weighted by molar-refractivity contribution is 5.98. The average Bonchev–Trinajstić information content (AvgIpc) is 2.62. The van der Waals surface area contributed by atoms with Crippen molar-refractivity contribution in [2.45, 2.75) is 18.8 Å². The maximum absolute atomic E-state index is 14.1. The molecule has 0 saturated carbocycles. The van der Waals surface area contributed by atoms with Gasteiger partial charge in [-0.3, -0.25) is 4.79 Å². The number of anilines is 1. The molecule has 2 aliphatic rings. The fourth-order valence-corrected chi connectivity index (χ4v) is 3.70. The van der Waals surface area contributed by atoms with Crippen molar-refractivity contribution in [3.05, 3.63) is 53.1 Å². The summed E-state index contributed by atoms with van der Waals surface area (Å²) in [5.41, 5.74) is 1.95. The van der Waals surface area contributed by atoms with E-state index in [2.05, 4.69) is 21.9 Å². The summed E-state index contributed by atoms with van der Waals surface area (Å²) in [6.45, 7) is 3.93. The van der Waals surface area contributed by atoms with Crippen molar-refractivity contribution >= 4 is 11.7 Å². The van der Waals surface area contributed by atoms with Gasteiger partial charge in [-0.25, -0.2) is 14.4 Å². The monoisotopic (exact) mass is 341 g/mol. The molecule has 2 aromatic rings. The Morgan fingerprint density at radius 2 is 1.96 bits per heavy atom. The number of ketones is 1. The normalized spacial score (nSPS) is 21.3. The lowest BCUT2D eigenvalue weighted by Crippen LogP contribution is -3.12. The number of carbonyl (C=O) groups is 1. The van der Waals surface area contributed by atoms with Gasteiger partial charge < -0.3 is 9.80 Å². The average molecular weight is 341 g/mol. The first-order chi connectivity index (χ1) is 12.1. The lowest BCUT2D eigenvalue weighted by molar-refractivity contribution is -0.880. The number of rotatable bonds is 2. The molecule has 0 bridgehead atoms. The summed E-state index contributed by atoms with van der Waals surface area (Å²) in [4.78, 5) is 25.3. The number of halogens is 1. The minimum atomic E-state index is -0.250. The Morgan fingerprint density at radius 1 is 1.20 bits per heavy atom. The number of likely N-dealkylation sites (N-methyl/N-ethyl adjacent to an activating group) is 1. The SMILES string of the molecule is C[NH+]1CCN(c2ncc3c(n2)C[C@H](c2ccccc2F)CC3=O)CC1. The van der Waals surface area contributed by atoms with E-state index in [0.29, 0.717) is 29.9 Å². The zero-order chi connectivity index (χ0) is 17.4. The first-order valence-corrected chi connectivity index (χ1v) is 8.81. The number of hydrogen-bond donors (Lipinski definition) is 1. The van der Waals surface area contributed by atoms with E-state index in [4.69, 9.17) is 0 Å². The summed E-state index contributed by atoms with van der Waals surface area (Å²) in [6, 6.07) is 6.71. The minimum absolute atomic E-state index is 0.00359. The van der Waals surface area contributed by atoms with Crippen LogP contribution in [0.15, 0.2) is 30.5 Å². The largest absolute Gasteiger partial charge is 0.334 e. The van der Waals surface area contributed by atoms with E-state index in [1.165, 1.54) is 11.0 Å². The Kier molecular flexibility index (Phi) is 4.21. The zero-order valence-corrected chi connectivity index (χ0v) is 14.3. The lowest BCUT2D eigenvalue weighted by Gasteiger charge is -2.31. The number of quaternary nitrogens is 1. The predicted molar refractivity (Wildman–Crippen MR) is 92.7 cm³/mol. The molecule has 1 aliphatic heterocycles. The number of hydrogen-bond acceptors (Lipinski definition) is 4. The van der Waals surface area contributed by atoms with E-state index in [-0.39, 0.29) is 17.5 Å². The number of aromatic nitrogens is 2. The van der Waals surface area contributed by atoms with Crippen molar-refractivity contribution < 1.29 is 14.1 Å². The first kappa shape index (κ1) is 16.1. The van der Waals surface area contributed by atoms with Gasteiger partial charge in [0, 0.05) is 12.6 Å². The molecule has 6 heteroatoms. The van der Waals surface area contributed by atoms with Crippen molar-refractivity contribution in [2.24, 2.45) is 0 Å². The predicted octanol–water partition coefficient (Wildman–Crippen LogP) is 0.863. The number of nitrogens with one attached hydrogen (secondary N) is 1. The number of Topliss-reactive ketones (excluding diaryl/α,β-unsaturated/α-hetero) is 1. The molecule has 2 heterocycles. The molecule has 25 heavy (non-hydrogen) atoms. The van der Waals surface area contributed by atoms with Crippen LogP contribution in [0.2, 0.25) is 0 Å². The number of benzene rings is 1. The molecule has 0 unspecified atom stereocenters. The van der Waals surface area contributed by atoms with Gasteiger partial charge in [0.2, 0.25) is 5.95 Å². The third-order valence-corrected chi connectivity index (χ3v) is 5.27. The van der Waals surface area contributed by atoms with Crippen molar-refractivity contribution in [3.63, 3.8) is 0 Å². The van der Waals surface area contributed by atoms with Crippen LogP contribution in [-0.2, 0) is 6.42 Å². The van der Waals surface area contributed by atoms with Gasteiger partial charge in [0.15, 0.2) is 5.78 Å². The van der Waals surface area contributed by atoms with E-state index < -0.39 is 0 Å². The van der Waals surface area contributed by atoms with Crippen LogP contribution < -0.4 is 9.80 Å². The Hall–Kier alpha value is -2.34. The van der Waals surface area contributed by atoms with E-state index in [1.54, 1.807) is 18.3 Å². The van der Waals surface area contributed by atoms with Crippen LogP contribution >= 0.6 is 0 Å². The van der Waals surface area contributed by atoms with Crippen LogP contribution in [-0.4, -0.2) is 49.0 Å². The highest BCUT2D eigenvalue weighted by atomic mass is 19.1. The Labute approximate surface area is 146 Å². The maximum Gasteiger partial charge on any atom is 0.225 e. The van der Waals surface area contributed by atoms with E-state index >= 15 is 0 Å². The van der Waals surface area contributed by atoms with Crippen molar-refractivity contribution in [1.29, 1.82) is 0 Å². The second-order valence-electron chi connectivity index (χ2n) is 7.02. The van der Waals surface area contributed by atoms with E-state index in [9.17, 15) is 9.18 Å². The third-order valence-electron chi connectivity index (χ3n) is 5.27. The van der Waals surface area contributed by atoms with Crippen LogP contribution in [0.25, 0.3) is 0 Å². The van der Waals surface area contributed by atoms with Gasteiger partial charge in [0.05, 0.1) is 44.5 Å². The summed E-state index contributed by atoms with van der Waals surface area (Å²) in [7, 11) is 2.18. The highest BCUT2D eigenvalue weighted by Gasteiger charge is 2.30. The number of piperazine rings is 1. The maximum atomic E-state index is 14.1. The van der Waals surface area contributed by atoms with Gasteiger partial charge >= 0.3 is 0 Å². The molecule has 5 nitrogen and oxygen atoms in total. The van der Waals surface area contributed by atoms with Gasteiger partial charge in [-0.1, -0.05) is 18.2 Å². The highest BCUT2D eigenvalue weighted by Crippen LogP contribution is 2.33. The molecule has 1 aromatic heterocycles. The lowest BCUT2D eigenvalue weighted by atomic mass is 9.82. The molecule has 1 aromatic carbocycles. The smallest absolute Gasteiger partial charge is 0.225 e. The molecule has 1 N–H and O–H groups in total. The molecular weight excluding hydrogens is 319 g/mol. The second kappa shape index (κ2) is 6.52. The first-order valence-electron chi connectivity index (χ1n) is 8.81. The number of fused-ring (bicyclic) bond motifs is 1. The van der Waals surface area contributed by atoms with Crippen LogP contribution in [0.4, 0.5) is 10.3 Å². The number of carbonyl (C=O) groups excluding carboxylic acids is 1. The summed E-state index contributed by atoms with van der Waals surface area (Å²) < 4.78 is 14.1. The standard InChI is InChI=1S/C19H21FN4O/c1-23-6-8-24(9-7-23)19-21-12-15-17(22-19)10-13(11-18(15)25)14-4-2-3-5-16(14)20/h2-5,12-13H,6-11H2,1H3/p+1/t13-/m0/s1. The van der Waals surface area contributed by atoms with Crippen molar-refractivity contribution in [2.75, 3.05) is 38.1 Å². The topological polar surface area (TPSA) is 50.5 Å². The van der Waals surface area contributed by atoms with Crippen molar-refractivity contribution in [3.8, 4) is 0 Å². The molecule has 130 valence electrons. The Balaban J connectivity index is 1.62. The second-order valence-corrected chi connectivity index (χ2v) is 7.02. The molecule has 1 fully saturated rings. The molecule has 4 rings (SSSR count). The summed E-state index contributed by atoms with van der Waals surface area (Å²) >= 11 is 0. The summed E-state index contributed by atoms with van der Waals surface area (Å²) in [5.74, 6) is 0.290. The van der Waals surface area contributed by atoms with Gasteiger partial charge in [-0.2, -0.15) is 0 Å². The van der Waals surface area contributed by atoms with Gasteiger partial charge in [0.25, 0.3) is 0 Å². The molecule has 1 saturated heterocycles. The fraction of sp³-hybridized carbons (Fsp3) is 0.421.